The SMILES string of the molecule is C[C@H](CCCC(C)(C)O)C1CC[C@@]2(C)C3CC=C4C(CC[C@H](O[C@H]5C[C@@H](O)CC(CO)O5)[C@@H]4C)[C@]3(C)CC[C@]12C. The molecule has 1 saturated heterocycles. The maximum absolute atomic E-state index is 10.3. The lowest BCUT2D eigenvalue weighted by molar-refractivity contribution is -0.248. The second kappa shape index (κ2) is 11.2. The molecule has 4 aliphatic carbocycles. The zero-order valence-corrected chi connectivity index (χ0v) is 26.6. The molecular weight excluding hydrogens is 500 g/mol. The molecule has 230 valence electrons. The number of rotatable bonds is 8. The Morgan fingerprint density at radius 2 is 1.82 bits per heavy atom. The van der Waals surface area contributed by atoms with Crippen molar-refractivity contribution in [2.24, 2.45) is 45.8 Å². The van der Waals surface area contributed by atoms with Gasteiger partial charge in [-0.25, -0.2) is 0 Å². The van der Waals surface area contributed by atoms with Crippen molar-refractivity contribution in [3.63, 3.8) is 0 Å². The Morgan fingerprint density at radius 1 is 1.07 bits per heavy atom. The largest absolute Gasteiger partial charge is 0.394 e. The van der Waals surface area contributed by atoms with E-state index in [1.165, 1.54) is 44.9 Å². The zero-order chi connectivity index (χ0) is 29.1. The van der Waals surface area contributed by atoms with E-state index in [1.807, 2.05) is 13.8 Å². The molecule has 12 atom stereocenters. The summed E-state index contributed by atoms with van der Waals surface area (Å²) >= 11 is 0. The molecule has 3 saturated carbocycles. The molecule has 4 unspecified atom stereocenters. The minimum Gasteiger partial charge on any atom is -0.394 e. The van der Waals surface area contributed by atoms with Gasteiger partial charge in [-0.1, -0.05) is 59.1 Å². The van der Waals surface area contributed by atoms with Crippen molar-refractivity contribution in [1.29, 1.82) is 0 Å². The summed E-state index contributed by atoms with van der Waals surface area (Å²) in [6, 6.07) is 0. The van der Waals surface area contributed by atoms with Crippen LogP contribution in [-0.4, -0.2) is 52.1 Å². The standard InChI is InChI=1S/C35H60O5/c1-22(9-8-15-32(3,4)38)27-14-16-35(7)30-13-10-26-23(2)29(40-31-20-24(37)19-25(21-36)39-31)12-11-28(26)33(30,5)17-18-34(27,35)6/h10,22-25,27-31,36-38H,8-9,11-21H2,1-7H3/t22-,23-,24+,25?,27?,28?,29+,30?,31+,33+,34-,35+/m1/s1. The van der Waals surface area contributed by atoms with E-state index in [0.717, 1.165) is 31.1 Å². The molecule has 1 heterocycles. The van der Waals surface area contributed by atoms with Gasteiger partial charge in [-0.2, -0.15) is 0 Å². The lowest BCUT2D eigenvalue weighted by Gasteiger charge is -2.65. The molecular formula is C35H60O5. The van der Waals surface area contributed by atoms with Crippen LogP contribution in [0.25, 0.3) is 0 Å². The van der Waals surface area contributed by atoms with Gasteiger partial charge >= 0.3 is 0 Å². The van der Waals surface area contributed by atoms with E-state index >= 15 is 0 Å². The first-order chi connectivity index (χ1) is 18.7. The number of ether oxygens (including phenoxy) is 2. The Labute approximate surface area is 244 Å². The predicted molar refractivity (Wildman–Crippen MR) is 160 cm³/mol. The maximum Gasteiger partial charge on any atom is 0.160 e. The molecule has 5 heteroatoms. The number of aliphatic hydroxyl groups is 3. The fourth-order valence-corrected chi connectivity index (χ4v) is 11.0. The van der Waals surface area contributed by atoms with Gasteiger partial charge in [-0.3, -0.25) is 0 Å². The minimum atomic E-state index is -0.555. The van der Waals surface area contributed by atoms with Crippen LogP contribution in [0.4, 0.5) is 0 Å². The first-order valence-electron chi connectivity index (χ1n) is 16.7. The fourth-order valence-electron chi connectivity index (χ4n) is 11.0. The molecule has 0 bridgehead atoms. The maximum atomic E-state index is 10.3. The third-order valence-corrected chi connectivity index (χ3v) is 13.5. The van der Waals surface area contributed by atoms with E-state index in [1.54, 1.807) is 5.57 Å². The van der Waals surface area contributed by atoms with Crippen molar-refractivity contribution in [1.82, 2.24) is 0 Å². The van der Waals surface area contributed by atoms with Crippen LogP contribution < -0.4 is 0 Å². The van der Waals surface area contributed by atoms with Crippen molar-refractivity contribution in [3.8, 4) is 0 Å². The first-order valence-corrected chi connectivity index (χ1v) is 16.7. The lowest BCUT2D eigenvalue weighted by Crippen LogP contribution is -2.58. The van der Waals surface area contributed by atoms with Crippen LogP contribution in [0, 0.1) is 45.8 Å². The summed E-state index contributed by atoms with van der Waals surface area (Å²) in [5.74, 6) is 3.22. The van der Waals surface area contributed by atoms with E-state index in [0.29, 0.717) is 46.8 Å². The third kappa shape index (κ3) is 5.38. The molecule has 0 amide bonds. The molecule has 5 rings (SSSR count). The van der Waals surface area contributed by atoms with Gasteiger partial charge in [0.2, 0.25) is 0 Å². The van der Waals surface area contributed by atoms with Crippen molar-refractivity contribution < 1.29 is 24.8 Å². The highest BCUT2D eigenvalue weighted by Crippen LogP contribution is 2.74. The van der Waals surface area contributed by atoms with Crippen LogP contribution in [0.1, 0.15) is 126 Å². The van der Waals surface area contributed by atoms with E-state index in [9.17, 15) is 15.3 Å². The van der Waals surface area contributed by atoms with Gasteiger partial charge in [0.05, 0.1) is 30.5 Å². The summed E-state index contributed by atoms with van der Waals surface area (Å²) in [6.45, 7) is 16.6. The quantitative estimate of drug-likeness (QED) is 0.278. The van der Waals surface area contributed by atoms with Crippen molar-refractivity contribution in [3.05, 3.63) is 11.6 Å². The average Bonchev–Trinajstić information content (AvgIpc) is 3.15. The Morgan fingerprint density at radius 3 is 2.52 bits per heavy atom. The molecule has 0 spiro atoms. The van der Waals surface area contributed by atoms with Gasteiger partial charge in [0.15, 0.2) is 6.29 Å². The first kappa shape index (κ1) is 31.0. The Hall–Kier alpha value is -0.460. The van der Waals surface area contributed by atoms with E-state index in [2.05, 4.69) is 40.7 Å². The van der Waals surface area contributed by atoms with Gasteiger partial charge in [0, 0.05) is 18.8 Å². The molecule has 0 aromatic carbocycles. The topological polar surface area (TPSA) is 79.2 Å². The van der Waals surface area contributed by atoms with E-state index in [-0.39, 0.29) is 18.8 Å². The summed E-state index contributed by atoms with van der Waals surface area (Å²) in [7, 11) is 0. The van der Waals surface area contributed by atoms with Gasteiger partial charge in [-0.15, -0.1) is 0 Å². The molecule has 5 nitrogen and oxygen atoms in total. The summed E-state index contributed by atoms with van der Waals surface area (Å²) < 4.78 is 12.5. The van der Waals surface area contributed by atoms with Crippen LogP contribution in [0.15, 0.2) is 11.6 Å². The zero-order valence-electron chi connectivity index (χ0n) is 26.6. The van der Waals surface area contributed by atoms with Crippen molar-refractivity contribution >= 4 is 0 Å². The van der Waals surface area contributed by atoms with Crippen LogP contribution in [-0.2, 0) is 9.47 Å². The normalized spacial score (nSPS) is 48.1. The second-order valence-corrected chi connectivity index (χ2v) is 16.2. The van der Waals surface area contributed by atoms with Gasteiger partial charge < -0.3 is 24.8 Å². The molecule has 4 fully saturated rings. The fraction of sp³-hybridized carbons (Fsp3) is 0.943. The van der Waals surface area contributed by atoms with Gasteiger partial charge in [-0.05, 0) is 105 Å². The predicted octanol–water partition coefficient (Wildman–Crippen LogP) is 7.02. The van der Waals surface area contributed by atoms with Crippen LogP contribution >= 0.6 is 0 Å². The molecule has 0 aromatic rings. The monoisotopic (exact) mass is 560 g/mol. The number of allylic oxidation sites excluding steroid dienone is 1. The van der Waals surface area contributed by atoms with Gasteiger partial charge in [0.25, 0.3) is 0 Å². The number of hydrogen-bond donors (Lipinski definition) is 3. The van der Waals surface area contributed by atoms with Crippen LogP contribution in [0.3, 0.4) is 0 Å². The summed E-state index contributed by atoms with van der Waals surface area (Å²) in [5.41, 5.74) is 2.17. The molecule has 0 radical (unpaired) electrons. The van der Waals surface area contributed by atoms with E-state index in [4.69, 9.17) is 9.47 Å². The van der Waals surface area contributed by atoms with Crippen LogP contribution in [0.5, 0.6) is 0 Å². The summed E-state index contributed by atoms with van der Waals surface area (Å²) in [5, 5.41) is 30.1. The second-order valence-electron chi connectivity index (χ2n) is 16.2. The summed E-state index contributed by atoms with van der Waals surface area (Å²) in [6.07, 6.45) is 14.5. The minimum absolute atomic E-state index is 0.0672. The van der Waals surface area contributed by atoms with E-state index < -0.39 is 18.0 Å². The molecule has 5 aliphatic rings. The Balaban J connectivity index is 1.29. The summed E-state index contributed by atoms with van der Waals surface area (Å²) in [4.78, 5) is 0. The highest BCUT2D eigenvalue weighted by atomic mass is 16.7. The van der Waals surface area contributed by atoms with Crippen molar-refractivity contribution in [2.75, 3.05) is 6.61 Å². The Bertz CT molecular complexity index is 925. The average molecular weight is 561 g/mol. The Kier molecular flexibility index (Phi) is 8.70. The molecule has 3 N–H and O–H groups in total. The molecule has 1 aliphatic heterocycles. The third-order valence-electron chi connectivity index (χ3n) is 13.5. The molecule has 40 heavy (non-hydrogen) atoms. The lowest BCUT2D eigenvalue weighted by atomic mass is 9.40. The number of fused-ring (bicyclic) bond motifs is 5. The molecule has 0 aromatic heterocycles. The number of hydrogen-bond acceptors (Lipinski definition) is 5. The number of aliphatic hydroxyl groups excluding tert-OH is 2. The smallest absolute Gasteiger partial charge is 0.160 e. The highest BCUT2D eigenvalue weighted by Gasteiger charge is 2.66. The van der Waals surface area contributed by atoms with Crippen molar-refractivity contribution in [2.45, 2.75) is 156 Å². The highest BCUT2D eigenvalue weighted by molar-refractivity contribution is 5.27. The van der Waals surface area contributed by atoms with Crippen LogP contribution in [0.2, 0.25) is 0 Å². The van der Waals surface area contributed by atoms with Gasteiger partial charge in [0.1, 0.15) is 0 Å².